The van der Waals surface area contributed by atoms with Crippen LogP contribution >= 0.6 is 11.8 Å². The number of ether oxygens (including phenoxy) is 1. The summed E-state index contributed by atoms with van der Waals surface area (Å²) in [6.07, 6.45) is 0.731. The van der Waals surface area contributed by atoms with Crippen LogP contribution < -0.4 is 5.73 Å². The van der Waals surface area contributed by atoms with E-state index in [4.69, 9.17) is 10.5 Å². The van der Waals surface area contributed by atoms with Gasteiger partial charge >= 0.3 is 0 Å². The van der Waals surface area contributed by atoms with Crippen molar-refractivity contribution in [1.29, 1.82) is 0 Å². The van der Waals surface area contributed by atoms with Crippen LogP contribution in [0.15, 0.2) is 23.1 Å². The molecule has 0 unspecified atom stereocenters. The number of thioether (sulfide) groups is 1. The van der Waals surface area contributed by atoms with Gasteiger partial charge in [-0.2, -0.15) is 0 Å². The molecule has 1 aliphatic heterocycles. The molecule has 15 heavy (non-hydrogen) atoms. The molecule has 1 aromatic rings. The molecule has 0 saturated carbocycles. The Hall–Kier alpha value is -0.580. The molecule has 1 heterocycles. The molecule has 2 rings (SSSR count). The second kappa shape index (κ2) is 4.96. The average molecular weight is 227 g/mol. The third kappa shape index (κ3) is 2.71. The van der Waals surface area contributed by atoms with Gasteiger partial charge in [0.05, 0.1) is 18.5 Å². The number of hydrogen-bond acceptors (Lipinski definition) is 3. The Morgan fingerprint density at radius 3 is 2.80 bits per heavy atom. The van der Waals surface area contributed by atoms with Crippen molar-refractivity contribution in [3.05, 3.63) is 29.6 Å². The molecule has 0 spiro atoms. The third-order valence-corrected chi connectivity index (χ3v) is 3.52. The smallest absolute Gasteiger partial charge is 0.137 e. The molecule has 1 saturated heterocycles. The SMILES string of the molecule is NCCc1ccc(SC2COC2)c(F)c1. The standard InChI is InChI=1S/C11H14FNOS/c12-10-5-8(3-4-13)1-2-11(10)15-9-6-14-7-9/h1-2,5,9H,3-4,6-7,13H2. The number of benzene rings is 1. The second-order valence-electron chi connectivity index (χ2n) is 3.58. The van der Waals surface area contributed by atoms with Gasteiger partial charge in [0.2, 0.25) is 0 Å². The van der Waals surface area contributed by atoms with Crippen molar-refractivity contribution in [2.45, 2.75) is 16.6 Å². The summed E-state index contributed by atoms with van der Waals surface area (Å²) < 4.78 is 18.6. The summed E-state index contributed by atoms with van der Waals surface area (Å²) >= 11 is 1.55. The molecular formula is C11H14FNOS. The molecule has 1 aliphatic rings. The van der Waals surface area contributed by atoms with Gasteiger partial charge in [0.15, 0.2) is 0 Å². The predicted molar refractivity (Wildman–Crippen MR) is 59.6 cm³/mol. The van der Waals surface area contributed by atoms with Gasteiger partial charge in [-0.25, -0.2) is 4.39 Å². The van der Waals surface area contributed by atoms with Crippen LogP contribution in [0.4, 0.5) is 4.39 Å². The molecular weight excluding hydrogens is 213 g/mol. The maximum atomic E-state index is 13.6. The first-order valence-electron chi connectivity index (χ1n) is 5.02. The summed E-state index contributed by atoms with van der Waals surface area (Å²) in [5.74, 6) is -0.141. The zero-order chi connectivity index (χ0) is 10.7. The van der Waals surface area contributed by atoms with Gasteiger partial charge < -0.3 is 10.5 Å². The monoisotopic (exact) mass is 227 g/mol. The Labute approximate surface area is 93.0 Å². The van der Waals surface area contributed by atoms with E-state index in [0.717, 1.165) is 25.2 Å². The topological polar surface area (TPSA) is 35.2 Å². The molecule has 0 atom stereocenters. The minimum absolute atomic E-state index is 0.141. The van der Waals surface area contributed by atoms with E-state index in [-0.39, 0.29) is 5.82 Å². The van der Waals surface area contributed by atoms with Gasteiger partial charge in [-0.05, 0) is 30.7 Å². The Morgan fingerprint density at radius 2 is 2.27 bits per heavy atom. The van der Waals surface area contributed by atoms with Crippen molar-refractivity contribution < 1.29 is 9.13 Å². The minimum atomic E-state index is -0.141. The van der Waals surface area contributed by atoms with Crippen molar-refractivity contribution >= 4 is 11.8 Å². The molecule has 1 aromatic carbocycles. The van der Waals surface area contributed by atoms with Crippen molar-refractivity contribution in [1.82, 2.24) is 0 Å². The first-order valence-corrected chi connectivity index (χ1v) is 5.90. The lowest BCUT2D eigenvalue weighted by Crippen LogP contribution is -2.30. The van der Waals surface area contributed by atoms with E-state index in [2.05, 4.69) is 0 Å². The summed E-state index contributed by atoms with van der Waals surface area (Å²) in [5.41, 5.74) is 6.38. The van der Waals surface area contributed by atoms with Crippen LogP contribution in [0.2, 0.25) is 0 Å². The summed E-state index contributed by atoms with van der Waals surface area (Å²) in [4.78, 5) is 0.712. The zero-order valence-corrected chi connectivity index (χ0v) is 9.23. The first-order chi connectivity index (χ1) is 7.29. The highest BCUT2D eigenvalue weighted by Gasteiger charge is 2.20. The largest absolute Gasteiger partial charge is 0.379 e. The van der Waals surface area contributed by atoms with Gasteiger partial charge in [0, 0.05) is 4.90 Å². The minimum Gasteiger partial charge on any atom is -0.379 e. The molecule has 0 aromatic heterocycles. The lowest BCUT2D eigenvalue weighted by molar-refractivity contribution is 0.0455. The Balaban J connectivity index is 2.04. The van der Waals surface area contributed by atoms with E-state index < -0.39 is 0 Å². The summed E-state index contributed by atoms with van der Waals surface area (Å²) in [5, 5.41) is 0.417. The van der Waals surface area contributed by atoms with Crippen molar-refractivity contribution in [3.63, 3.8) is 0 Å². The van der Waals surface area contributed by atoms with Gasteiger partial charge in [0.25, 0.3) is 0 Å². The first kappa shape index (κ1) is 10.9. The molecule has 0 radical (unpaired) electrons. The van der Waals surface area contributed by atoms with Gasteiger partial charge in [-0.15, -0.1) is 11.8 Å². The number of hydrogen-bond donors (Lipinski definition) is 1. The van der Waals surface area contributed by atoms with E-state index in [1.165, 1.54) is 0 Å². The Kier molecular flexibility index (Phi) is 3.61. The number of nitrogens with two attached hydrogens (primary N) is 1. The van der Waals surface area contributed by atoms with E-state index in [0.29, 0.717) is 16.7 Å². The highest BCUT2D eigenvalue weighted by atomic mass is 32.2. The van der Waals surface area contributed by atoms with E-state index in [1.54, 1.807) is 17.8 Å². The maximum absolute atomic E-state index is 13.6. The van der Waals surface area contributed by atoms with Gasteiger partial charge in [-0.1, -0.05) is 6.07 Å². The molecule has 0 aliphatic carbocycles. The molecule has 1 fully saturated rings. The lowest BCUT2D eigenvalue weighted by Gasteiger charge is -2.25. The van der Waals surface area contributed by atoms with Gasteiger partial charge in [-0.3, -0.25) is 0 Å². The molecule has 2 N–H and O–H groups in total. The quantitative estimate of drug-likeness (QED) is 0.852. The van der Waals surface area contributed by atoms with Crippen LogP contribution in [-0.2, 0) is 11.2 Å². The second-order valence-corrected chi connectivity index (χ2v) is 4.92. The summed E-state index contributed by atoms with van der Waals surface area (Å²) in [6.45, 7) is 2.02. The lowest BCUT2D eigenvalue weighted by atomic mass is 10.1. The molecule has 0 bridgehead atoms. The highest BCUT2D eigenvalue weighted by Crippen LogP contribution is 2.30. The fraction of sp³-hybridized carbons (Fsp3) is 0.455. The van der Waals surface area contributed by atoms with Crippen LogP contribution in [0.25, 0.3) is 0 Å². The average Bonchev–Trinajstić information content (AvgIpc) is 2.14. The van der Waals surface area contributed by atoms with Crippen molar-refractivity contribution in [2.75, 3.05) is 19.8 Å². The predicted octanol–water partition coefficient (Wildman–Crippen LogP) is 1.82. The molecule has 4 heteroatoms. The zero-order valence-electron chi connectivity index (χ0n) is 8.41. The van der Waals surface area contributed by atoms with E-state index in [1.807, 2.05) is 12.1 Å². The van der Waals surface area contributed by atoms with Crippen LogP contribution in [0.5, 0.6) is 0 Å². The van der Waals surface area contributed by atoms with Crippen molar-refractivity contribution in [3.8, 4) is 0 Å². The van der Waals surface area contributed by atoms with Crippen LogP contribution in [0.3, 0.4) is 0 Å². The fourth-order valence-electron chi connectivity index (χ4n) is 1.42. The van der Waals surface area contributed by atoms with E-state index >= 15 is 0 Å². The molecule has 0 amide bonds. The summed E-state index contributed by atoms with van der Waals surface area (Å²) in [6, 6.07) is 5.36. The maximum Gasteiger partial charge on any atom is 0.137 e. The number of halogens is 1. The fourth-order valence-corrected chi connectivity index (χ4v) is 2.43. The Bertz CT molecular complexity index is 341. The summed E-state index contributed by atoms with van der Waals surface area (Å²) in [7, 11) is 0. The highest BCUT2D eigenvalue weighted by molar-refractivity contribution is 8.00. The molecule has 82 valence electrons. The van der Waals surface area contributed by atoms with E-state index in [9.17, 15) is 4.39 Å². The Morgan fingerprint density at radius 1 is 1.47 bits per heavy atom. The molecule has 2 nitrogen and oxygen atoms in total. The van der Waals surface area contributed by atoms with Gasteiger partial charge in [0.1, 0.15) is 5.82 Å². The van der Waals surface area contributed by atoms with Crippen LogP contribution in [0.1, 0.15) is 5.56 Å². The van der Waals surface area contributed by atoms with Crippen LogP contribution in [0, 0.1) is 5.82 Å². The number of rotatable bonds is 4. The van der Waals surface area contributed by atoms with Crippen LogP contribution in [-0.4, -0.2) is 25.0 Å². The third-order valence-electron chi connectivity index (χ3n) is 2.33. The van der Waals surface area contributed by atoms with Crippen molar-refractivity contribution in [2.24, 2.45) is 5.73 Å². The normalized spacial score (nSPS) is 16.4.